The smallest absolute Gasteiger partial charge is 0.164 e. The molecule has 1 aliphatic carbocycles. The predicted molar refractivity (Wildman–Crippen MR) is 141 cm³/mol. The third-order valence-electron chi connectivity index (χ3n) is 7.05. The summed E-state index contributed by atoms with van der Waals surface area (Å²) in [5.41, 5.74) is 4.12. The largest absolute Gasteiger partial charge is 0.493 e. The van der Waals surface area contributed by atoms with Gasteiger partial charge in [0.1, 0.15) is 0 Å². The lowest BCUT2D eigenvalue weighted by Gasteiger charge is -2.36. The fraction of sp³-hybridized carbons (Fsp3) is 0.621. The van der Waals surface area contributed by atoms with Crippen LogP contribution in [0.2, 0.25) is 0 Å². The molecule has 0 amide bonds. The minimum atomic E-state index is 0.645. The lowest BCUT2D eigenvalue weighted by atomic mass is 9.86. The van der Waals surface area contributed by atoms with Crippen molar-refractivity contribution < 1.29 is 9.47 Å². The molecule has 0 radical (unpaired) electrons. The van der Waals surface area contributed by atoms with Gasteiger partial charge in [0.2, 0.25) is 0 Å². The lowest BCUT2D eigenvalue weighted by molar-refractivity contribution is 0.175. The Kier molecular flexibility index (Phi) is 11.7. The number of fused-ring (bicyclic) bond motifs is 1. The first-order valence-corrected chi connectivity index (χ1v) is 13.3. The number of hydrogen-bond donors (Lipinski definition) is 1. The number of ether oxygens (including phenoxy) is 2. The molecule has 1 aromatic heterocycles. The monoisotopic (exact) mass is 467 g/mol. The van der Waals surface area contributed by atoms with E-state index < -0.39 is 0 Å². The molecule has 1 heterocycles. The van der Waals surface area contributed by atoms with Crippen LogP contribution in [0.1, 0.15) is 68.6 Å². The third-order valence-corrected chi connectivity index (χ3v) is 7.05. The summed E-state index contributed by atoms with van der Waals surface area (Å²) in [4.78, 5) is 6.93. The molecule has 5 nitrogen and oxygen atoms in total. The third kappa shape index (κ3) is 7.99. The highest BCUT2D eigenvalue weighted by Gasteiger charge is 2.27. The molecule has 1 unspecified atom stereocenters. The number of nitrogens with zero attached hydrogens (tertiary/aromatic N) is 2. The van der Waals surface area contributed by atoms with E-state index in [1.165, 1.54) is 74.7 Å². The Hall–Kier alpha value is -2.11. The van der Waals surface area contributed by atoms with Crippen molar-refractivity contribution in [1.82, 2.24) is 15.2 Å². The summed E-state index contributed by atoms with van der Waals surface area (Å²) in [6, 6.07) is 9.14. The van der Waals surface area contributed by atoms with E-state index in [4.69, 9.17) is 9.47 Å². The van der Waals surface area contributed by atoms with Gasteiger partial charge in [0.05, 0.1) is 14.2 Å². The van der Waals surface area contributed by atoms with Crippen LogP contribution in [0.25, 0.3) is 0 Å². The maximum Gasteiger partial charge on any atom is 0.164 e. The van der Waals surface area contributed by atoms with Crippen LogP contribution in [-0.4, -0.2) is 56.3 Å². The highest BCUT2D eigenvalue weighted by molar-refractivity contribution is 5.52. The molecule has 0 bridgehead atoms. The number of aromatic nitrogens is 1. The fourth-order valence-corrected chi connectivity index (χ4v) is 5.25. The van der Waals surface area contributed by atoms with E-state index in [0.717, 1.165) is 43.9 Å². The van der Waals surface area contributed by atoms with Crippen molar-refractivity contribution in [2.45, 2.75) is 77.2 Å². The Balaban J connectivity index is 1.32. The number of pyridine rings is 1. The van der Waals surface area contributed by atoms with E-state index in [1.807, 2.05) is 18.5 Å². The molecule has 0 spiro atoms. The van der Waals surface area contributed by atoms with Crippen molar-refractivity contribution in [3.63, 3.8) is 0 Å². The topological polar surface area (TPSA) is 46.6 Å². The van der Waals surface area contributed by atoms with Gasteiger partial charge in [-0.05, 0) is 101 Å². The summed E-state index contributed by atoms with van der Waals surface area (Å²) in [7, 11) is 3.48. The van der Waals surface area contributed by atoms with E-state index in [-0.39, 0.29) is 0 Å². The van der Waals surface area contributed by atoms with Gasteiger partial charge in [-0.3, -0.25) is 4.98 Å². The van der Waals surface area contributed by atoms with Crippen molar-refractivity contribution in [1.29, 1.82) is 0 Å². The molecule has 0 fully saturated rings. The number of benzene rings is 1. The van der Waals surface area contributed by atoms with Crippen LogP contribution >= 0.6 is 0 Å². The van der Waals surface area contributed by atoms with Gasteiger partial charge in [-0.1, -0.05) is 31.9 Å². The Morgan fingerprint density at radius 3 is 2.62 bits per heavy atom. The molecule has 0 saturated heterocycles. The van der Waals surface area contributed by atoms with Crippen molar-refractivity contribution >= 4 is 0 Å². The molecule has 0 saturated carbocycles. The van der Waals surface area contributed by atoms with Crippen molar-refractivity contribution in [2.75, 3.05) is 40.4 Å². The first-order valence-electron chi connectivity index (χ1n) is 13.3. The molecule has 2 aromatic rings. The van der Waals surface area contributed by atoms with Crippen LogP contribution in [-0.2, 0) is 19.3 Å². The molecule has 188 valence electrons. The molecule has 1 atom stereocenters. The maximum atomic E-state index is 5.69. The Morgan fingerprint density at radius 1 is 1.00 bits per heavy atom. The number of methoxy groups -OCH3 is 2. The summed E-state index contributed by atoms with van der Waals surface area (Å²) in [6.07, 6.45) is 16.0. The summed E-state index contributed by atoms with van der Waals surface area (Å²) < 4.78 is 11.2. The van der Waals surface area contributed by atoms with E-state index >= 15 is 0 Å². The van der Waals surface area contributed by atoms with Crippen molar-refractivity contribution in [3.05, 3.63) is 53.3 Å². The van der Waals surface area contributed by atoms with Crippen molar-refractivity contribution in [2.24, 2.45) is 0 Å². The molecule has 34 heavy (non-hydrogen) atoms. The number of unbranched alkanes of at least 4 members (excludes halogenated alkanes) is 3. The van der Waals surface area contributed by atoms with Gasteiger partial charge in [0, 0.05) is 24.0 Å². The van der Waals surface area contributed by atoms with Gasteiger partial charge < -0.3 is 19.7 Å². The van der Waals surface area contributed by atoms with Crippen molar-refractivity contribution in [3.8, 4) is 11.5 Å². The Morgan fingerprint density at radius 2 is 1.85 bits per heavy atom. The minimum Gasteiger partial charge on any atom is -0.493 e. The van der Waals surface area contributed by atoms with Crippen LogP contribution in [0.4, 0.5) is 0 Å². The summed E-state index contributed by atoms with van der Waals surface area (Å²) in [5.74, 6) is 1.79. The van der Waals surface area contributed by atoms with E-state index in [0.29, 0.717) is 6.04 Å². The molecule has 1 N–H and O–H groups in total. The van der Waals surface area contributed by atoms with Gasteiger partial charge >= 0.3 is 0 Å². The number of rotatable bonds is 16. The molecular weight excluding hydrogens is 422 g/mol. The number of nitrogens with one attached hydrogen (secondary N) is 1. The molecule has 5 heteroatoms. The van der Waals surface area contributed by atoms with Crippen LogP contribution in [0.15, 0.2) is 36.7 Å². The van der Waals surface area contributed by atoms with E-state index in [9.17, 15) is 0 Å². The van der Waals surface area contributed by atoms with Gasteiger partial charge in [0.25, 0.3) is 0 Å². The van der Waals surface area contributed by atoms with Crippen LogP contribution < -0.4 is 14.8 Å². The highest BCUT2D eigenvalue weighted by Crippen LogP contribution is 2.38. The molecule has 3 rings (SSSR count). The zero-order valence-electron chi connectivity index (χ0n) is 21.7. The highest BCUT2D eigenvalue weighted by atomic mass is 16.5. The predicted octanol–water partition coefficient (Wildman–Crippen LogP) is 5.45. The first kappa shape index (κ1) is 26.5. The van der Waals surface area contributed by atoms with Crippen LogP contribution in [0.3, 0.4) is 0 Å². The average Bonchev–Trinajstić information content (AvgIpc) is 2.88. The zero-order valence-corrected chi connectivity index (χ0v) is 21.7. The van der Waals surface area contributed by atoms with Gasteiger partial charge in [0.15, 0.2) is 11.5 Å². The average molecular weight is 468 g/mol. The normalized spacial score (nSPS) is 15.4. The first-order chi connectivity index (χ1) is 16.8. The summed E-state index contributed by atoms with van der Waals surface area (Å²) in [5, 5.41) is 3.60. The second-order valence-electron chi connectivity index (χ2n) is 9.50. The summed E-state index contributed by atoms with van der Waals surface area (Å²) >= 11 is 0. The maximum absolute atomic E-state index is 5.69. The van der Waals surface area contributed by atoms with Gasteiger partial charge in [-0.25, -0.2) is 0 Å². The molecular formula is C29H45N3O2. The van der Waals surface area contributed by atoms with Crippen LogP contribution in [0, 0.1) is 0 Å². The Labute approximate surface area is 207 Å². The molecule has 0 aliphatic heterocycles. The second-order valence-corrected chi connectivity index (χ2v) is 9.50. The quantitative estimate of drug-likeness (QED) is 0.333. The summed E-state index contributed by atoms with van der Waals surface area (Å²) in [6.45, 7) is 6.96. The Bertz CT molecular complexity index is 828. The number of hydrogen-bond acceptors (Lipinski definition) is 5. The van der Waals surface area contributed by atoms with Gasteiger partial charge in [-0.15, -0.1) is 0 Å². The molecule has 1 aliphatic rings. The zero-order chi connectivity index (χ0) is 24.0. The second kappa shape index (κ2) is 15.0. The van der Waals surface area contributed by atoms with E-state index in [1.54, 1.807) is 14.2 Å². The number of aryl methyl sites for hydroxylation is 1. The standard InChI is InChI=1S/C29H45N3O2/c1-4-20-32(26-14-15-27-25(22-26)13-16-28(33-2)29(27)34-3)21-8-6-5-7-17-30-18-9-11-24-12-10-19-31-23-24/h10,12-13,16,19,23,26,30H,4-9,11,14-15,17-18,20-22H2,1-3H3. The molecule has 1 aromatic carbocycles. The van der Waals surface area contributed by atoms with E-state index in [2.05, 4.69) is 40.3 Å². The SMILES string of the molecule is CCCN(CCCCCCNCCCc1cccnc1)C1CCc2c(ccc(OC)c2OC)C1. The minimum absolute atomic E-state index is 0.645. The fourth-order valence-electron chi connectivity index (χ4n) is 5.25. The lowest BCUT2D eigenvalue weighted by Crippen LogP contribution is -2.40. The van der Waals surface area contributed by atoms with Crippen LogP contribution in [0.5, 0.6) is 11.5 Å². The van der Waals surface area contributed by atoms with Gasteiger partial charge in [-0.2, -0.15) is 0 Å².